The van der Waals surface area contributed by atoms with E-state index in [-0.39, 0.29) is 0 Å². The van der Waals surface area contributed by atoms with E-state index in [9.17, 15) is 9.59 Å². The summed E-state index contributed by atoms with van der Waals surface area (Å²) in [6, 6.07) is 7.54. The number of rotatable bonds is 2. The van der Waals surface area contributed by atoms with Gasteiger partial charge >= 0.3 is 5.97 Å². The molecule has 0 spiro atoms. The van der Waals surface area contributed by atoms with E-state index in [0.29, 0.717) is 6.42 Å². The molecule has 0 saturated carbocycles. The van der Waals surface area contributed by atoms with Crippen LogP contribution in [0.25, 0.3) is 0 Å². The molecule has 14 heavy (non-hydrogen) atoms. The molecule has 2 rings (SSSR count). The summed E-state index contributed by atoms with van der Waals surface area (Å²) in [5, 5.41) is 8.62. The molecule has 0 aliphatic heterocycles. The Morgan fingerprint density at radius 2 is 2.00 bits per heavy atom. The number of ketones is 1. The average Bonchev–Trinajstić information content (AvgIpc) is 2.60. The van der Waals surface area contributed by atoms with Crippen molar-refractivity contribution in [3.63, 3.8) is 0 Å². The van der Waals surface area contributed by atoms with Crippen molar-refractivity contribution in [1.29, 1.82) is 0 Å². The van der Waals surface area contributed by atoms with E-state index in [1.165, 1.54) is 0 Å². The highest BCUT2D eigenvalue weighted by atomic mass is 16.4. The first-order chi connectivity index (χ1) is 6.70. The predicted molar refractivity (Wildman–Crippen MR) is 50.1 cm³/mol. The van der Waals surface area contributed by atoms with Crippen LogP contribution in [0.4, 0.5) is 0 Å². The van der Waals surface area contributed by atoms with E-state index in [1.54, 1.807) is 0 Å². The highest BCUT2D eigenvalue weighted by Crippen LogP contribution is 2.33. The van der Waals surface area contributed by atoms with Crippen LogP contribution in [-0.4, -0.2) is 16.9 Å². The first-order valence-electron chi connectivity index (χ1n) is 4.55. The zero-order valence-corrected chi connectivity index (χ0v) is 7.56. The van der Waals surface area contributed by atoms with Crippen LogP contribution < -0.4 is 0 Å². The van der Waals surface area contributed by atoms with Gasteiger partial charge in [-0.1, -0.05) is 24.3 Å². The second-order valence-electron chi connectivity index (χ2n) is 3.46. The number of benzene rings is 1. The summed E-state index contributed by atoms with van der Waals surface area (Å²) in [7, 11) is 0. The summed E-state index contributed by atoms with van der Waals surface area (Å²) < 4.78 is 0. The fraction of sp³-hybridized carbons (Fsp3) is 0.273. The van der Waals surface area contributed by atoms with E-state index >= 15 is 0 Å². The van der Waals surface area contributed by atoms with Crippen LogP contribution in [0.15, 0.2) is 24.3 Å². The fourth-order valence-corrected chi connectivity index (χ4v) is 1.98. The lowest BCUT2D eigenvalue weighted by Gasteiger charge is -2.05. The number of aliphatic carboxylic acids is 1. The summed E-state index contributed by atoms with van der Waals surface area (Å²) in [5.74, 6) is -2.44. The minimum atomic E-state index is -1.33. The highest BCUT2D eigenvalue weighted by Gasteiger charge is 2.31. The molecule has 1 aromatic rings. The maximum atomic E-state index is 11.3. The maximum absolute atomic E-state index is 11.3. The molecule has 0 amide bonds. The number of carboxylic acids is 1. The first kappa shape index (κ1) is 8.94. The molecule has 0 fully saturated rings. The van der Waals surface area contributed by atoms with Crippen LogP contribution in [0.2, 0.25) is 0 Å². The third-order valence-electron chi connectivity index (χ3n) is 2.66. The van der Waals surface area contributed by atoms with Crippen molar-refractivity contribution in [3.8, 4) is 0 Å². The molecule has 0 bridgehead atoms. The number of Topliss-reactive ketones (excluding diaryl/α,β-unsaturated/α-hetero) is 1. The number of carbonyl (C=O) groups is 2. The van der Waals surface area contributed by atoms with E-state index < -0.39 is 17.7 Å². The van der Waals surface area contributed by atoms with Crippen molar-refractivity contribution in [2.75, 3.05) is 0 Å². The summed E-state index contributed by atoms with van der Waals surface area (Å²) in [5.41, 5.74) is 1.99. The predicted octanol–water partition coefficient (Wildman–Crippen LogP) is 1.37. The summed E-state index contributed by atoms with van der Waals surface area (Å²) in [4.78, 5) is 21.9. The Bertz CT molecular complexity index is 395. The number of fused-ring (bicyclic) bond motifs is 1. The molecule has 1 atom stereocenters. The Hall–Kier alpha value is -1.64. The van der Waals surface area contributed by atoms with Crippen molar-refractivity contribution in [2.24, 2.45) is 0 Å². The molecule has 72 valence electrons. The third kappa shape index (κ3) is 1.31. The van der Waals surface area contributed by atoms with E-state index in [1.807, 2.05) is 24.3 Å². The average molecular weight is 190 g/mol. The molecule has 0 saturated heterocycles. The Labute approximate surface area is 81.4 Å². The van der Waals surface area contributed by atoms with Gasteiger partial charge in [0.25, 0.3) is 0 Å². The lowest BCUT2D eigenvalue weighted by Crippen LogP contribution is -2.19. The maximum Gasteiger partial charge on any atom is 0.372 e. The van der Waals surface area contributed by atoms with Gasteiger partial charge in [-0.05, 0) is 24.0 Å². The molecule has 3 nitrogen and oxygen atoms in total. The van der Waals surface area contributed by atoms with Gasteiger partial charge in [-0.2, -0.15) is 0 Å². The van der Waals surface area contributed by atoms with Crippen LogP contribution >= 0.6 is 0 Å². The van der Waals surface area contributed by atoms with Crippen molar-refractivity contribution in [3.05, 3.63) is 35.4 Å². The summed E-state index contributed by atoms with van der Waals surface area (Å²) in [6.07, 6.45) is 1.43. The Morgan fingerprint density at radius 3 is 2.71 bits per heavy atom. The van der Waals surface area contributed by atoms with E-state index in [2.05, 4.69) is 0 Å². The molecule has 1 N–H and O–H groups in total. The van der Waals surface area contributed by atoms with Gasteiger partial charge < -0.3 is 5.11 Å². The number of aryl methyl sites for hydroxylation is 1. The Balaban J connectivity index is 2.35. The zero-order valence-electron chi connectivity index (χ0n) is 7.56. The summed E-state index contributed by atoms with van der Waals surface area (Å²) in [6.45, 7) is 0. The third-order valence-corrected chi connectivity index (χ3v) is 2.66. The minimum absolute atomic E-state index is 0.427. The summed E-state index contributed by atoms with van der Waals surface area (Å²) >= 11 is 0. The van der Waals surface area contributed by atoms with Gasteiger partial charge in [0.1, 0.15) is 0 Å². The molecular weight excluding hydrogens is 180 g/mol. The lowest BCUT2D eigenvalue weighted by atomic mass is 9.97. The van der Waals surface area contributed by atoms with Crippen molar-refractivity contribution in [2.45, 2.75) is 18.8 Å². The Kier molecular flexibility index (Phi) is 2.08. The number of carbonyl (C=O) groups excluding carboxylic acids is 1. The molecule has 3 heteroatoms. The number of hydrogen-bond acceptors (Lipinski definition) is 2. The van der Waals surface area contributed by atoms with Crippen molar-refractivity contribution >= 4 is 11.8 Å². The molecular formula is C11H10O3. The standard InChI is InChI=1S/C11H10O3/c12-10(11(13)14)9-6-5-7-3-1-2-4-8(7)9/h1-4,9H,5-6H2,(H,13,14). The smallest absolute Gasteiger partial charge is 0.372 e. The van der Waals surface area contributed by atoms with E-state index in [4.69, 9.17) is 5.11 Å². The molecule has 1 aromatic carbocycles. The molecule has 0 radical (unpaired) electrons. The lowest BCUT2D eigenvalue weighted by molar-refractivity contribution is -0.149. The monoisotopic (exact) mass is 190 g/mol. The molecule has 0 heterocycles. The van der Waals surface area contributed by atoms with Crippen LogP contribution in [0, 0.1) is 0 Å². The quantitative estimate of drug-likeness (QED) is 0.716. The van der Waals surface area contributed by atoms with Crippen LogP contribution in [0.5, 0.6) is 0 Å². The normalized spacial score (nSPS) is 19.0. The van der Waals surface area contributed by atoms with Gasteiger partial charge in [-0.25, -0.2) is 4.79 Å². The molecule has 1 aliphatic carbocycles. The van der Waals surface area contributed by atoms with E-state index in [0.717, 1.165) is 17.5 Å². The van der Waals surface area contributed by atoms with Crippen LogP contribution in [0.3, 0.4) is 0 Å². The van der Waals surface area contributed by atoms with Gasteiger partial charge in [0, 0.05) is 0 Å². The zero-order chi connectivity index (χ0) is 10.1. The molecule has 1 aliphatic rings. The van der Waals surface area contributed by atoms with Gasteiger partial charge in [-0.3, -0.25) is 4.79 Å². The molecule has 0 aromatic heterocycles. The van der Waals surface area contributed by atoms with Crippen LogP contribution in [0.1, 0.15) is 23.5 Å². The number of carboxylic acid groups (broad SMARTS) is 1. The van der Waals surface area contributed by atoms with Crippen LogP contribution in [-0.2, 0) is 16.0 Å². The SMILES string of the molecule is O=C(O)C(=O)C1CCc2ccccc21. The fourth-order valence-electron chi connectivity index (χ4n) is 1.98. The van der Waals surface area contributed by atoms with Crippen molar-refractivity contribution < 1.29 is 14.7 Å². The second kappa shape index (κ2) is 3.25. The van der Waals surface area contributed by atoms with Gasteiger partial charge in [0.15, 0.2) is 0 Å². The Morgan fingerprint density at radius 1 is 1.29 bits per heavy atom. The van der Waals surface area contributed by atoms with Crippen molar-refractivity contribution in [1.82, 2.24) is 0 Å². The molecule has 1 unspecified atom stereocenters. The first-order valence-corrected chi connectivity index (χ1v) is 4.55. The topological polar surface area (TPSA) is 54.4 Å². The van der Waals surface area contributed by atoms with Gasteiger partial charge in [0.05, 0.1) is 5.92 Å². The highest BCUT2D eigenvalue weighted by molar-refractivity contribution is 6.35. The minimum Gasteiger partial charge on any atom is -0.475 e. The number of hydrogen-bond donors (Lipinski definition) is 1. The van der Waals surface area contributed by atoms with Gasteiger partial charge in [-0.15, -0.1) is 0 Å². The van der Waals surface area contributed by atoms with Gasteiger partial charge in [0.2, 0.25) is 5.78 Å². The largest absolute Gasteiger partial charge is 0.475 e. The second-order valence-corrected chi connectivity index (χ2v) is 3.46.